The number of esters is 2. The van der Waals surface area contributed by atoms with Gasteiger partial charge in [-0.1, -0.05) is 132 Å². The van der Waals surface area contributed by atoms with Crippen LogP contribution in [-0.4, -0.2) is 71.1 Å². The van der Waals surface area contributed by atoms with E-state index in [1.54, 1.807) is 0 Å². The minimum absolute atomic E-state index is 0.0612. The molecule has 0 aromatic rings. The van der Waals surface area contributed by atoms with E-state index < -0.39 is 57.2 Å². The molecule has 0 radical (unpaired) electrons. The van der Waals surface area contributed by atoms with E-state index in [4.69, 9.17) is 24.8 Å². The van der Waals surface area contributed by atoms with Crippen LogP contribution in [0.15, 0.2) is 60.8 Å². The number of carboxylic acids is 1. The Bertz CT molecular complexity index is 1180. The first kappa shape index (κ1) is 52.1. The molecule has 55 heavy (non-hydrogen) atoms. The third kappa shape index (κ3) is 36.5. The number of phosphoric ester groups is 1. The fourth-order valence-corrected chi connectivity index (χ4v) is 5.82. The fraction of sp³-hybridized carbons (Fsp3) is 0.690. The normalized spacial score (nSPS) is 15.0. The van der Waals surface area contributed by atoms with Gasteiger partial charge in [-0.25, -0.2) is 4.57 Å². The van der Waals surface area contributed by atoms with Crippen molar-refractivity contribution in [1.29, 1.82) is 0 Å². The topological polar surface area (TPSA) is 192 Å². The number of phosphoric acid groups is 1. The second-order valence-corrected chi connectivity index (χ2v) is 15.1. The third-order valence-corrected chi connectivity index (χ3v) is 9.29. The summed E-state index contributed by atoms with van der Waals surface area (Å²) in [6.07, 6.45) is 37.6. The minimum Gasteiger partial charge on any atom is -0.480 e. The zero-order valence-electron chi connectivity index (χ0n) is 33.6. The molecule has 0 aliphatic heterocycles. The second kappa shape index (κ2) is 36.8. The van der Waals surface area contributed by atoms with Gasteiger partial charge in [0.1, 0.15) is 12.6 Å². The number of allylic oxidation sites excluding steroid dienone is 9. The summed E-state index contributed by atoms with van der Waals surface area (Å²) in [5.74, 6) is -2.50. The maximum Gasteiger partial charge on any atom is 0.472 e. The standard InChI is InChI=1S/C42H72NO11P/c1-3-5-7-8-9-10-11-12-15-18-21-24-28-32-40(45)51-34-38(35-52-55(49,50)53-36-39(43)42(47)48)54-41(46)33-29-25-22-19-16-13-14-17-20-23-27-31-37(44)30-26-6-4-2/h10-11,13-14,19-20,22-23,27,31,37-39,44H,3-9,12,15-18,21,24-26,28-30,32-36,43H2,1-2H3,(H,47,48)(H,49,50)/b11-10-,14-13-,22-19-,23-20-,31-27+/t37-,38+,39-/m0/s1. The number of aliphatic carboxylic acids is 1. The van der Waals surface area contributed by atoms with Crippen molar-refractivity contribution in [3.63, 3.8) is 0 Å². The monoisotopic (exact) mass is 797 g/mol. The van der Waals surface area contributed by atoms with Crippen molar-refractivity contribution in [2.45, 2.75) is 167 Å². The smallest absolute Gasteiger partial charge is 0.472 e. The van der Waals surface area contributed by atoms with E-state index >= 15 is 0 Å². The molecule has 0 aliphatic rings. The molecule has 0 saturated carbocycles. The average molecular weight is 798 g/mol. The fourth-order valence-electron chi connectivity index (χ4n) is 5.04. The van der Waals surface area contributed by atoms with Crippen LogP contribution in [0.5, 0.6) is 0 Å². The summed E-state index contributed by atoms with van der Waals surface area (Å²) in [4.78, 5) is 45.8. The van der Waals surface area contributed by atoms with Gasteiger partial charge in [0.15, 0.2) is 6.10 Å². The number of carboxylic acid groups (broad SMARTS) is 1. The number of carbonyl (C=O) groups is 3. The van der Waals surface area contributed by atoms with Crippen LogP contribution in [0.2, 0.25) is 0 Å². The van der Waals surface area contributed by atoms with Gasteiger partial charge in [0.05, 0.1) is 19.3 Å². The van der Waals surface area contributed by atoms with E-state index in [2.05, 4.69) is 30.5 Å². The quantitative estimate of drug-likeness (QED) is 0.0153. The molecule has 0 amide bonds. The lowest BCUT2D eigenvalue weighted by Gasteiger charge is -2.20. The SMILES string of the molecule is CCCCCC/C=C\CCCCCCCC(=O)OC[C@H](COP(=O)(O)OC[C@H](N)C(=O)O)OC(=O)CCC/C=C\C/C=C\C/C=C\C=C\[C@@H](O)CCCCC. The van der Waals surface area contributed by atoms with Gasteiger partial charge in [-0.05, 0) is 64.2 Å². The zero-order chi connectivity index (χ0) is 40.8. The van der Waals surface area contributed by atoms with E-state index in [0.717, 1.165) is 77.0 Å². The van der Waals surface area contributed by atoms with Gasteiger partial charge in [-0.15, -0.1) is 0 Å². The first-order chi connectivity index (χ1) is 26.5. The van der Waals surface area contributed by atoms with Gasteiger partial charge < -0.3 is 30.3 Å². The molecule has 1 unspecified atom stereocenters. The third-order valence-electron chi connectivity index (χ3n) is 8.34. The molecule has 0 heterocycles. The summed E-state index contributed by atoms with van der Waals surface area (Å²) < 4.78 is 32.5. The summed E-state index contributed by atoms with van der Waals surface area (Å²) >= 11 is 0. The lowest BCUT2D eigenvalue weighted by molar-refractivity contribution is -0.161. The van der Waals surface area contributed by atoms with Gasteiger partial charge in [0, 0.05) is 12.8 Å². The second-order valence-electron chi connectivity index (χ2n) is 13.6. The number of aliphatic hydroxyl groups is 1. The number of unbranched alkanes of at least 4 members (excludes halogenated alkanes) is 12. The maximum atomic E-state index is 12.6. The Labute approximate surface area is 330 Å². The average Bonchev–Trinajstić information content (AvgIpc) is 3.15. The van der Waals surface area contributed by atoms with Crippen LogP contribution in [0, 0.1) is 0 Å². The van der Waals surface area contributed by atoms with Crippen LogP contribution in [0.25, 0.3) is 0 Å². The number of nitrogens with two attached hydrogens (primary N) is 1. The van der Waals surface area contributed by atoms with E-state index in [-0.39, 0.29) is 19.4 Å². The van der Waals surface area contributed by atoms with E-state index in [1.165, 1.54) is 25.7 Å². The molecule has 0 saturated heterocycles. The Kier molecular flexibility index (Phi) is 34.8. The highest BCUT2D eigenvalue weighted by molar-refractivity contribution is 7.47. The predicted molar refractivity (Wildman–Crippen MR) is 218 cm³/mol. The molecule has 316 valence electrons. The lowest BCUT2D eigenvalue weighted by atomic mass is 10.1. The molecule has 0 aromatic heterocycles. The molecule has 0 aromatic carbocycles. The van der Waals surface area contributed by atoms with Crippen molar-refractivity contribution < 1.29 is 52.6 Å². The molecular weight excluding hydrogens is 725 g/mol. The summed E-state index contributed by atoms with van der Waals surface area (Å²) in [6, 6.07) is -1.54. The molecule has 0 bridgehead atoms. The molecule has 0 spiro atoms. The van der Waals surface area contributed by atoms with Crippen LogP contribution in [0.1, 0.15) is 149 Å². The van der Waals surface area contributed by atoms with E-state index in [1.807, 2.05) is 48.6 Å². The molecule has 5 N–H and O–H groups in total. The van der Waals surface area contributed by atoms with Crippen LogP contribution in [0.4, 0.5) is 0 Å². The van der Waals surface area contributed by atoms with Gasteiger partial charge >= 0.3 is 25.7 Å². The number of hydrogen-bond donors (Lipinski definition) is 4. The molecule has 13 heteroatoms. The Morgan fingerprint density at radius 1 is 0.655 bits per heavy atom. The van der Waals surface area contributed by atoms with E-state index in [9.17, 15) is 28.9 Å². The molecule has 0 fully saturated rings. The number of hydrogen-bond acceptors (Lipinski definition) is 10. The number of rotatable bonds is 37. The largest absolute Gasteiger partial charge is 0.480 e. The van der Waals surface area contributed by atoms with Crippen LogP contribution in [-0.2, 0) is 37.5 Å². The van der Waals surface area contributed by atoms with Crippen molar-refractivity contribution in [2.75, 3.05) is 19.8 Å². The Hall–Kier alpha value is -2.86. The van der Waals surface area contributed by atoms with Crippen molar-refractivity contribution >= 4 is 25.7 Å². The molecule has 12 nitrogen and oxygen atoms in total. The van der Waals surface area contributed by atoms with Gasteiger partial charge in [-0.3, -0.25) is 23.4 Å². The lowest BCUT2D eigenvalue weighted by Crippen LogP contribution is -2.34. The van der Waals surface area contributed by atoms with Crippen LogP contribution >= 0.6 is 7.82 Å². The summed E-state index contributed by atoms with van der Waals surface area (Å²) in [6.45, 7) is 2.56. The van der Waals surface area contributed by atoms with Crippen molar-refractivity contribution in [2.24, 2.45) is 5.73 Å². The van der Waals surface area contributed by atoms with Gasteiger partial charge in [0.2, 0.25) is 0 Å². The molecular formula is C42H72NO11P. The highest BCUT2D eigenvalue weighted by Gasteiger charge is 2.28. The summed E-state index contributed by atoms with van der Waals surface area (Å²) in [7, 11) is -4.74. The van der Waals surface area contributed by atoms with Crippen molar-refractivity contribution in [3.8, 4) is 0 Å². The summed E-state index contributed by atoms with van der Waals surface area (Å²) in [5, 5.41) is 18.8. The first-order valence-electron chi connectivity index (χ1n) is 20.4. The first-order valence-corrected chi connectivity index (χ1v) is 21.9. The maximum absolute atomic E-state index is 12.6. The van der Waals surface area contributed by atoms with Crippen LogP contribution < -0.4 is 5.73 Å². The van der Waals surface area contributed by atoms with E-state index in [0.29, 0.717) is 19.3 Å². The van der Waals surface area contributed by atoms with Crippen molar-refractivity contribution in [1.82, 2.24) is 0 Å². The predicted octanol–water partition coefficient (Wildman–Crippen LogP) is 9.36. The highest BCUT2D eigenvalue weighted by Crippen LogP contribution is 2.43. The van der Waals surface area contributed by atoms with Gasteiger partial charge in [0.25, 0.3) is 0 Å². The summed E-state index contributed by atoms with van der Waals surface area (Å²) in [5.41, 5.74) is 5.31. The Morgan fingerprint density at radius 2 is 1.20 bits per heavy atom. The van der Waals surface area contributed by atoms with Gasteiger partial charge in [-0.2, -0.15) is 0 Å². The zero-order valence-corrected chi connectivity index (χ0v) is 34.5. The highest BCUT2D eigenvalue weighted by atomic mass is 31.2. The molecule has 4 atom stereocenters. The molecule has 0 aliphatic carbocycles. The Morgan fingerprint density at radius 3 is 1.89 bits per heavy atom. The van der Waals surface area contributed by atoms with Crippen molar-refractivity contribution in [3.05, 3.63) is 60.8 Å². The number of ether oxygens (including phenoxy) is 2. The van der Waals surface area contributed by atoms with Crippen LogP contribution in [0.3, 0.4) is 0 Å². The minimum atomic E-state index is -4.74. The number of carbonyl (C=O) groups excluding carboxylic acids is 2. The number of aliphatic hydroxyl groups excluding tert-OH is 1. The Balaban J connectivity index is 4.58. The molecule has 0 rings (SSSR count).